The monoisotopic (exact) mass is 275 g/mol. The first-order chi connectivity index (χ1) is 8.50. The first-order valence-electron chi connectivity index (χ1n) is 5.36. The summed E-state index contributed by atoms with van der Waals surface area (Å²) in [6, 6.07) is 0. The van der Waals surface area contributed by atoms with Crippen LogP contribution in [0.4, 0.5) is 0 Å². The molecule has 0 saturated heterocycles. The Labute approximate surface area is 106 Å². The summed E-state index contributed by atoms with van der Waals surface area (Å²) < 4.78 is 22.4. The molecule has 1 heterocycles. The lowest BCUT2D eigenvalue weighted by Crippen LogP contribution is -2.30. The van der Waals surface area contributed by atoms with E-state index in [2.05, 4.69) is 4.18 Å². The second kappa shape index (κ2) is 7.02. The number of imide groups is 1. The lowest BCUT2D eigenvalue weighted by Gasteiger charge is -2.12. The summed E-state index contributed by atoms with van der Waals surface area (Å²) >= 11 is -2.57. The second-order valence-electron chi connectivity index (χ2n) is 3.64. The van der Waals surface area contributed by atoms with Crippen LogP contribution in [-0.2, 0) is 29.9 Å². The Kier molecular flexibility index (Phi) is 5.66. The molecule has 0 aromatic heterocycles. The van der Waals surface area contributed by atoms with Gasteiger partial charge >= 0.3 is 17.3 Å². The van der Waals surface area contributed by atoms with E-state index in [9.17, 15) is 18.6 Å². The Hall–Kier alpha value is -1.54. The molecular formula is C10H13NO6S. The summed E-state index contributed by atoms with van der Waals surface area (Å²) in [5.41, 5.74) is 0. The van der Waals surface area contributed by atoms with E-state index in [0.29, 0.717) is 25.8 Å². The first kappa shape index (κ1) is 14.5. The summed E-state index contributed by atoms with van der Waals surface area (Å²) in [4.78, 5) is 34.3. The van der Waals surface area contributed by atoms with Gasteiger partial charge in [0.2, 0.25) is 0 Å². The molecule has 7 nitrogen and oxygen atoms in total. The molecule has 1 N–H and O–H groups in total. The topological polar surface area (TPSA) is 101 Å². The van der Waals surface area contributed by atoms with Crippen LogP contribution in [0.15, 0.2) is 12.2 Å². The molecule has 0 spiro atoms. The number of carbonyl (C=O) groups is 3. The maximum atomic E-state index is 11.2. The third kappa shape index (κ3) is 4.76. The molecule has 0 aromatic carbocycles. The lowest BCUT2D eigenvalue weighted by atomic mass is 10.2. The Bertz CT molecular complexity index is 387. The van der Waals surface area contributed by atoms with E-state index >= 15 is 0 Å². The number of rotatable bonds is 7. The predicted octanol–water partition coefficient (Wildman–Crippen LogP) is 0.152. The van der Waals surface area contributed by atoms with Gasteiger partial charge in [-0.15, -0.1) is 0 Å². The Morgan fingerprint density at radius 1 is 1.22 bits per heavy atom. The van der Waals surface area contributed by atoms with Gasteiger partial charge in [-0.25, -0.2) is 0 Å². The van der Waals surface area contributed by atoms with Crippen LogP contribution in [0, 0.1) is 0 Å². The fourth-order valence-corrected chi connectivity index (χ4v) is 1.73. The van der Waals surface area contributed by atoms with Crippen LogP contribution in [0.2, 0.25) is 0 Å². The number of nitrogens with zero attached hydrogens (tertiary/aromatic N) is 1. The fraction of sp³-hybridized carbons (Fsp3) is 0.500. The van der Waals surface area contributed by atoms with Gasteiger partial charge in [-0.1, -0.05) is 6.42 Å². The van der Waals surface area contributed by atoms with Crippen LogP contribution in [0.25, 0.3) is 0 Å². The third-order valence-corrected chi connectivity index (χ3v) is 2.66. The Morgan fingerprint density at radius 3 is 2.39 bits per heavy atom. The van der Waals surface area contributed by atoms with Crippen LogP contribution in [0.5, 0.6) is 0 Å². The van der Waals surface area contributed by atoms with Crippen molar-refractivity contribution in [3.05, 3.63) is 12.2 Å². The highest BCUT2D eigenvalue weighted by atomic mass is 32.2. The van der Waals surface area contributed by atoms with E-state index in [1.165, 1.54) is 12.2 Å². The normalized spacial score (nSPS) is 16.2. The van der Waals surface area contributed by atoms with E-state index in [1.807, 2.05) is 0 Å². The standard InChI is InChI=1S/C10H13NO6S/c12-8-5-6-9(13)11(8)7-3-1-2-4-10(14)17-18(15)16/h5-6H,1-4,7H2,(H,15,16). The van der Waals surface area contributed by atoms with Gasteiger partial charge in [0.15, 0.2) is 0 Å². The highest BCUT2D eigenvalue weighted by Crippen LogP contribution is 2.08. The van der Waals surface area contributed by atoms with Crippen LogP contribution < -0.4 is 0 Å². The number of unbranched alkanes of at least 4 members (excludes halogenated alkanes) is 2. The average Bonchev–Trinajstić information content (AvgIpc) is 2.58. The molecule has 2 amide bonds. The van der Waals surface area contributed by atoms with Crippen molar-refractivity contribution in [2.24, 2.45) is 0 Å². The molecule has 0 bridgehead atoms. The summed E-state index contributed by atoms with van der Waals surface area (Å²) in [6.45, 7) is 0.311. The quantitative estimate of drug-likeness (QED) is 0.403. The van der Waals surface area contributed by atoms with Gasteiger partial charge < -0.3 is 4.18 Å². The van der Waals surface area contributed by atoms with Crippen molar-refractivity contribution in [1.29, 1.82) is 0 Å². The van der Waals surface area contributed by atoms with Gasteiger partial charge in [-0.3, -0.25) is 23.8 Å². The lowest BCUT2D eigenvalue weighted by molar-refractivity contribution is -0.137. The molecule has 1 unspecified atom stereocenters. The Balaban J connectivity index is 2.09. The van der Waals surface area contributed by atoms with Crippen molar-refractivity contribution < 1.29 is 27.3 Å². The van der Waals surface area contributed by atoms with E-state index in [-0.39, 0.29) is 18.2 Å². The fourth-order valence-electron chi connectivity index (χ4n) is 1.49. The zero-order valence-electron chi connectivity index (χ0n) is 9.53. The molecule has 18 heavy (non-hydrogen) atoms. The van der Waals surface area contributed by atoms with E-state index < -0.39 is 17.3 Å². The molecule has 1 rings (SSSR count). The van der Waals surface area contributed by atoms with E-state index in [4.69, 9.17) is 4.55 Å². The van der Waals surface area contributed by atoms with Gasteiger partial charge in [-0.2, -0.15) is 4.21 Å². The van der Waals surface area contributed by atoms with E-state index in [1.54, 1.807) is 0 Å². The first-order valence-corrected chi connectivity index (χ1v) is 6.39. The second-order valence-corrected chi connectivity index (χ2v) is 4.25. The van der Waals surface area contributed by atoms with Gasteiger partial charge in [0.25, 0.3) is 11.8 Å². The van der Waals surface area contributed by atoms with E-state index in [0.717, 1.165) is 4.90 Å². The average molecular weight is 275 g/mol. The molecule has 1 aliphatic rings. The minimum atomic E-state index is -2.57. The van der Waals surface area contributed by atoms with Gasteiger partial charge in [0.05, 0.1) is 0 Å². The number of amides is 2. The molecule has 0 saturated carbocycles. The zero-order chi connectivity index (χ0) is 13.5. The molecule has 0 aromatic rings. The van der Waals surface area contributed by atoms with Gasteiger partial charge in [0, 0.05) is 25.1 Å². The Morgan fingerprint density at radius 2 is 1.83 bits per heavy atom. The predicted molar refractivity (Wildman–Crippen MR) is 61.2 cm³/mol. The zero-order valence-corrected chi connectivity index (χ0v) is 10.4. The van der Waals surface area contributed by atoms with Crippen LogP contribution in [0.1, 0.15) is 25.7 Å². The molecule has 1 atom stereocenters. The molecule has 0 aliphatic carbocycles. The van der Waals surface area contributed by atoms with Gasteiger partial charge in [0.1, 0.15) is 0 Å². The molecule has 1 aliphatic heterocycles. The van der Waals surface area contributed by atoms with Gasteiger partial charge in [-0.05, 0) is 12.8 Å². The maximum absolute atomic E-state index is 11.2. The van der Waals surface area contributed by atoms with Crippen molar-refractivity contribution in [3.8, 4) is 0 Å². The van der Waals surface area contributed by atoms with Crippen LogP contribution in [0.3, 0.4) is 0 Å². The van der Waals surface area contributed by atoms with Crippen molar-refractivity contribution in [3.63, 3.8) is 0 Å². The van der Waals surface area contributed by atoms with Crippen LogP contribution in [-0.4, -0.2) is 38.0 Å². The minimum absolute atomic E-state index is 0.0342. The molecular weight excluding hydrogens is 262 g/mol. The van der Waals surface area contributed by atoms with Crippen molar-refractivity contribution in [2.45, 2.75) is 25.7 Å². The van der Waals surface area contributed by atoms with Crippen LogP contribution >= 0.6 is 0 Å². The maximum Gasteiger partial charge on any atom is 0.360 e. The molecule has 0 radical (unpaired) electrons. The smallest absolute Gasteiger partial charge is 0.343 e. The van der Waals surface area contributed by atoms with Crippen molar-refractivity contribution in [1.82, 2.24) is 4.90 Å². The van der Waals surface area contributed by atoms with Crippen molar-refractivity contribution in [2.75, 3.05) is 6.54 Å². The summed E-state index contributed by atoms with van der Waals surface area (Å²) in [5, 5.41) is 0. The summed E-state index contributed by atoms with van der Waals surface area (Å²) in [5.74, 6) is -1.39. The van der Waals surface area contributed by atoms with Crippen molar-refractivity contribution >= 4 is 29.1 Å². The third-order valence-electron chi connectivity index (χ3n) is 2.33. The summed E-state index contributed by atoms with van der Waals surface area (Å²) in [7, 11) is 0. The minimum Gasteiger partial charge on any atom is -0.343 e. The number of hydrogen-bond acceptors (Lipinski definition) is 5. The SMILES string of the molecule is O=C(CCCCCN1C(=O)C=CC1=O)OS(=O)O. The molecule has 0 fully saturated rings. The highest BCUT2D eigenvalue weighted by molar-refractivity contribution is 7.74. The number of carbonyl (C=O) groups excluding carboxylic acids is 3. The molecule has 100 valence electrons. The number of hydrogen-bond donors (Lipinski definition) is 1. The molecule has 8 heteroatoms. The highest BCUT2D eigenvalue weighted by Gasteiger charge is 2.22. The largest absolute Gasteiger partial charge is 0.360 e. The summed E-state index contributed by atoms with van der Waals surface area (Å²) in [6.07, 6.45) is 4.14.